The number of hydrogen-bond acceptors (Lipinski definition) is 4. The Bertz CT molecular complexity index is 1260. The predicted octanol–water partition coefficient (Wildman–Crippen LogP) is 4.12. The van der Waals surface area contributed by atoms with Crippen LogP contribution in [0.1, 0.15) is 43.4 Å². The van der Waals surface area contributed by atoms with Gasteiger partial charge in [0.2, 0.25) is 0 Å². The molecule has 0 aliphatic carbocycles. The lowest BCUT2D eigenvalue weighted by Crippen LogP contribution is -2.18. The van der Waals surface area contributed by atoms with Gasteiger partial charge in [0.25, 0.3) is 0 Å². The molecule has 0 bridgehead atoms. The van der Waals surface area contributed by atoms with Crippen molar-refractivity contribution in [1.82, 2.24) is 19.7 Å². The second-order valence-electron chi connectivity index (χ2n) is 8.02. The van der Waals surface area contributed by atoms with E-state index in [9.17, 15) is 14.3 Å². The molecule has 2 N–H and O–H groups in total. The number of pyridine rings is 1. The Hall–Kier alpha value is -3.26. The number of rotatable bonds is 4. The van der Waals surface area contributed by atoms with E-state index in [1.165, 1.54) is 12.1 Å². The van der Waals surface area contributed by atoms with Crippen molar-refractivity contribution in [3.63, 3.8) is 0 Å². The number of aliphatic carboxylic acids is 1. The number of aromatic amines is 1. The third-order valence-corrected chi connectivity index (χ3v) is 5.73. The molecule has 1 saturated heterocycles. The molecule has 8 heteroatoms. The van der Waals surface area contributed by atoms with Crippen molar-refractivity contribution in [1.29, 1.82) is 0 Å². The fourth-order valence-electron chi connectivity index (χ4n) is 4.45. The molecule has 3 aromatic heterocycles. The molecule has 4 heterocycles. The van der Waals surface area contributed by atoms with Gasteiger partial charge in [0.15, 0.2) is 11.8 Å². The predicted molar refractivity (Wildman–Crippen MR) is 110 cm³/mol. The summed E-state index contributed by atoms with van der Waals surface area (Å²) in [6.07, 6.45) is 1.29. The Kier molecular flexibility index (Phi) is 4.32. The van der Waals surface area contributed by atoms with Gasteiger partial charge in [-0.2, -0.15) is 5.10 Å². The molecule has 5 rings (SSSR count). The zero-order valence-electron chi connectivity index (χ0n) is 16.6. The van der Waals surface area contributed by atoms with E-state index in [-0.39, 0.29) is 17.7 Å². The van der Waals surface area contributed by atoms with E-state index >= 15 is 0 Å². The normalized spacial score (nSPS) is 19.3. The summed E-state index contributed by atoms with van der Waals surface area (Å²) in [6.45, 7) is 4.51. The van der Waals surface area contributed by atoms with Crippen molar-refractivity contribution in [3.8, 4) is 5.69 Å². The molecule has 0 amide bonds. The van der Waals surface area contributed by atoms with Crippen molar-refractivity contribution in [2.45, 2.75) is 38.2 Å². The maximum atomic E-state index is 13.6. The quantitative estimate of drug-likeness (QED) is 0.530. The number of aromatic nitrogens is 4. The Labute approximate surface area is 171 Å². The van der Waals surface area contributed by atoms with Crippen LogP contribution < -0.4 is 0 Å². The average Bonchev–Trinajstić information content (AvgIpc) is 3.43. The van der Waals surface area contributed by atoms with Crippen LogP contribution in [-0.2, 0) is 9.53 Å². The van der Waals surface area contributed by atoms with Crippen molar-refractivity contribution in [2.75, 3.05) is 6.61 Å². The molecular formula is C22H21FN4O3. The number of nitrogens with zero attached hydrogens (tertiary/aromatic N) is 3. The second kappa shape index (κ2) is 6.91. The van der Waals surface area contributed by atoms with Crippen LogP contribution in [0, 0.1) is 5.82 Å². The number of nitrogens with one attached hydrogen (secondary N) is 1. The minimum atomic E-state index is -0.949. The molecular weight excluding hydrogens is 387 g/mol. The number of H-pyrrole nitrogens is 1. The summed E-state index contributed by atoms with van der Waals surface area (Å²) in [4.78, 5) is 16.3. The number of ether oxygens (including phenoxy) is 1. The third kappa shape index (κ3) is 2.87. The van der Waals surface area contributed by atoms with Crippen molar-refractivity contribution in [3.05, 3.63) is 53.6 Å². The van der Waals surface area contributed by atoms with Crippen LogP contribution in [0.15, 0.2) is 36.5 Å². The zero-order chi connectivity index (χ0) is 21.0. The van der Waals surface area contributed by atoms with E-state index in [1.807, 2.05) is 6.07 Å². The molecule has 1 aliphatic rings. The minimum absolute atomic E-state index is 0.0967. The molecule has 4 aromatic rings. The van der Waals surface area contributed by atoms with E-state index in [4.69, 9.17) is 9.72 Å². The fraction of sp³-hybridized carbons (Fsp3) is 0.318. The summed E-state index contributed by atoms with van der Waals surface area (Å²) in [6, 6.07) is 8.39. The topological polar surface area (TPSA) is 93.0 Å². The Morgan fingerprint density at radius 2 is 2.10 bits per heavy atom. The van der Waals surface area contributed by atoms with Gasteiger partial charge in [-0.1, -0.05) is 13.8 Å². The van der Waals surface area contributed by atoms with Crippen LogP contribution in [-0.4, -0.2) is 43.5 Å². The number of benzene rings is 1. The zero-order valence-corrected chi connectivity index (χ0v) is 16.6. The first-order valence-corrected chi connectivity index (χ1v) is 9.92. The van der Waals surface area contributed by atoms with Gasteiger partial charge in [-0.05, 0) is 42.7 Å². The van der Waals surface area contributed by atoms with E-state index < -0.39 is 12.1 Å². The number of hydrogen-bond donors (Lipinski definition) is 2. The van der Waals surface area contributed by atoms with Crippen LogP contribution in [0.25, 0.3) is 27.8 Å². The largest absolute Gasteiger partial charge is 0.479 e. The van der Waals surface area contributed by atoms with Crippen LogP contribution in [0.2, 0.25) is 0 Å². The summed E-state index contributed by atoms with van der Waals surface area (Å²) in [7, 11) is 0. The molecule has 1 aromatic carbocycles. The van der Waals surface area contributed by atoms with Crippen LogP contribution in [0.5, 0.6) is 0 Å². The van der Waals surface area contributed by atoms with E-state index in [2.05, 4.69) is 28.6 Å². The Morgan fingerprint density at radius 3 is 2.77 bits per heavy atom. The van der Waals surface area contributed by atoms with Crippen LogP contribution in [0.3, 0.4) is 0 Å². The standard InChI is InChI=1S/C22H21FN4O3/c1-11(2)20-18(13-8-17(22(28)29)30-10-13)19-16(7-12-9-24-26-21(12)25-19)27(20)15-5-3-14(23)4-6-15/h3-7,9,11,13,17H,8,10H2,1-2H3,(H,28,29)(H,24,25,26)/t13-,17+/m1/s1. The number of carboxylic acids is 1. The summed E-state index contributed by atoms with van der Waals surface area (Å²) in [5.41, 5.74) is 5.19. The van der Waals surface area contributed by atoms with Gasteiger partial charge in [-0.3, -0.25) is 5.10 Å². The van der Waals surface area contributed by atoms with Crippen LogP contribution >= 0.6 is 0 Å². The third-order valence-electron chi connectivity index (χ3n) is 5.73. The molecule has 154 valence electrons. The van der Waals surface area contributed by atoms with E-state index in [0.29, 0.717) is 18.7 Å². The van der Waals surface area contributed by atoms with Gasteiger partial charge >= 0.3 is 5.97 Å². The highest BCUT2D eigenvalue weighted by Gasteiger charge is 2.36. The molecule has 7 nitrogen and oxygen atoms in total. The highest BCUT2D eigenvalue weighted by molar-refractivity contribution is 5.93. The van der Waals surface area contributed by atoms with Crippen molar-refractivity contribution < 1.29 is 19.0 Å². The first-order chi connectivity index (χ1) is 14.4. The average molecular weight is 408 g/mol. The minimum Gasteiger partial charge on any atom is -0.479 e. The SMILES string of the molecule is CC(C)c1c([C@H]2CO[C@H](C(=O)O)C2)c2nc3[nH]ncc3cc2n1-c1ccc(F)cc1. The number of halogens is 1. The number of carboxylic acid groups (broad SMARTS) is 1. The van der Waals surface area contributed by atoms with Crippen molar-refractivity contribution >= 4 is 28.0 Å². The van der Waals surface area contributed by atoms with Crippen LogP contribution in [0.4, 0.5) is 4.39 Å². The fourth-order valence-corrected chi connectivity index (χ4v) is 4.45. The lowest BCUT2D eigenvalue weighted by atomic mass is 9.91. The molecule has 0 radical (unpaired) electrons. The molecule has 2 atom stereocenters. The smallest absolute Gasteiger partial charge is 0.332 e. The highest BCUT2D eigenvalue weighted by Crippen LogP contribution is 2.42. The monoisotopic (exact) mass is 408 g/mol. The van der Waals surface area contributed by atoms with Gasteiger partial charge < -0.3 is 14.4 Å². The van der Waals surface area contributed by atoms with Gasteiger partial charge in [0.1, 0.15) is 5.82 Å². The molecule has 0 saturated carbocycles. The molecule has 1 aliphatic heterocycles. The maximum absolute atomic E-state index is 13.6. The van der Waals surface area contributed by atoms with E-state index in [0.717, 1.165) is 33.4 Å². The Morgan fingerprint density at radius 1 is 1.33 bits per heavy atom. The van der Waals surface area contributed by atoms with Gasteiger partial charge in [-0.25, -0.2) is 14.2 Å². The van der Waals surface area contributed by atoms with Gasteiger partial charge in [0, 0.05) is 28.2 Å². The lowest BCUT2D eigenvalue weighted by molar-refractivity contribution is -0.147. The lowest BCUT2D eigenvalue weighted by Gasteiger charge is -2.17. The van der Waals surface area contributed by atoms with Gasteiger partial charge in [0.05, 0.1) is 23.8 Å². The second-order valence-corrected chi connectivity index (χ2v) is 8.02. The first-order valence-electron chi connectivity index (χ1n) is 9.92. The summed E-state index contributed by atoms with van der Waals surface area (Å²) >= 11 is 0. The molecule has 1 fully saturated rings. The molecule has 0 spiro atoms. The highest BCUT2D eigenvalue weighted by atomic mass is 19.1. The maximum Gasteiger partial charge on any atom is 0.332 e. The molecule has 30 heavy (non-hydrogen) atoms. The number of carbonyl (C=O) groups is 1. The number of fused-ring (bicyclic) bond motifs is 2. The van der Waals surface area contributed by atoms with Gasteiger partial charge in [-0.15, -0.1) is 0 Å². The first kappa shape index (κ1) is 18.7. The van der Waals surface area contributed by atoms with E-state index in [1.54, 1.807) is 18.3 Å². The summed E-state index contributed by atoms with van der Waals surface area (Å²) in [5, 5.41) is 17.3. The summed E-state index contributed by atoms with van der Waals surface area (Å²) in [5.74, 6) is -1.22. The Balaban J connectivity index is 1.82. The summed E-state index contributed by atoms with van der Waals surface area (Å²) < 4.78 is 21.3. The van der Waals surface area contributed by atoms with Crippen molar-refractivity contribution in [2.24, 2.45) is 0 Å². The molecule has 0 unspecified atom stereocenters.